The molecule has 162 valence electrons. The van der Waals surface area contributed by atoms with Gasteiger partial charge in [-0.15, -0.1) is 0 Å². The van der Waals surface area contributed by atoms with Crippen molar-refractivity contribution in [3.8, 4) is 0 Å². The van der Waals surface area contributed by atoms with E-state index in [1.54, 1.807) is 30.0 Å². The van der Waals surface area contributed by atoms with E-state index in [4.69, 9.17) is 0 Å². The van der Waals surface area contributed by atoms with Crippen LogP contribution in [0.3, 0.4) is 0 Å². The van der Waals surface area contributed by atoms with E-state index in [1.165, 1.54) is 6.07 Å². The third-order valence-electron chi connectivity index (χ3n) is 4.32. The van der Waals surface area contributed by atoms with Gasteiger partial charge < -0.3 is 4.90 Å². The van der Waals surface area contributed by atoms with Crippen LogP contribution in [0, 0.1) is 27.2 Å². The normalized spacial score (nSPS) is 11.2. The fourth-order valence-electron chi connectivity index (χ4n) is 3.13. The number of benzene rings is 2. The molecule has 0 amide bonds. The van der Waals surface area contributed by atoms with Crippen LogP contribution >= 0.6 is 0 Å². The Labute approximate surface area is 174 Å². The first kappa shape index (κ1) is 23.1. The average molecular weight is 436 g/mol. The molecule has 2 aromatic rings. The summed E-state index contributed by atoms with van der Waals surface area (Å²) in [4.78, 5) is 22.9. The monoisotopic (exact) mass is 436 g/mol. The van der Waals surface area contributed by atoms with Crippen molar-refractivity contribution in [2.45, 2.75) is 38.5 Å². The zero-order valence-corrected chi connectivity index (χ0v) is 17.8. The van der Waals surface area contributed by atoms with Gasteiger partial charge in [-0.1, -0.05) is 26.0 Å². The van der Waals surface area contributed by atoms with E-state index in [0.717, 1.165) is 17.7 Å². The predicted octanol–water partition coefficient (Wildman–Crippen LogP) is 4.24. The van der Waals surface area contributed by atoms with Crippen LogP contribution in [0.5, 0.6) is 0 Å². The number of nitrogens with one attached hydrogen (secondary N) is 1. The number of hydrogen-bond donors (Lipinski definition) is 1. The van der Waals surface area contributed by atoms with E-state index >= 15 is 0 Å². The molecule has 30 heavy (non-hydrogen) atoms. The summed E-state index contributed by atoms with van der Waals surface area (Å²) in [5.41, 5.74) is -0.352. The first-order valence-corrected chi connectivity index (χ1v) is 10.9. The maximum atomic E-state index is 12.8. The minimum absolute atomic E-state index is 0.178. The molecule has 2 rings (SSSR count). The Hall–Kier alpha value is -3.21. The first-order valence-electron chi connectivity index (χ1n) is 9.42. The minimum Gasteiger partial charge on any atom is -0.360 e. The molecule has 10 nitrogen and oxygen atoms in total. The van der Waals surface area contributed by atoms with Crippen LogP contribution in [-0.4, -0.2) is 31.4 Å². The molecule has 11 heteroatoms. The van der Waals surface area contributed by atoms with Crippen LogP contribution in [0.25, 0.3) is 0 Å². The standard InChI is InChI=1S/C19H24N4O6S/c1-4-9-21(10-5-2)19-17(22(24)25)12-16(13-18(19)23(26)27)30(28,29)20-15-8-6-7-14(3)11-15/h6-8,11-13,20H,4-5,9-10H2,1-3H3. The smallest absolute Gasteiger partial charge is 0.301 e. The number of aryl methyl sites for hydroxylation is 1. The molecule has 0 aliphatic heterocycles. The van der Waals surface area contributed by atoms with Crippen LogP contribution in [0.4, 0.5) is 22.7 Å². The van der Waals surface area contributed by atoms with Crippen LogP contribution < -0.4 is 9.62 Å². The predicted molar refractivity (Wildman–Crippen MR) is 115 cm³/mol. The van der Waals surface area contributed by atoms with Gasteiger partial charge in [0.15, 0.2) is 5.69 Å². The summed E-state index contributed by atoms with van der Waals surface area (Å²) >= 11 is 0. The third kappa shape index (κ3) is 5.23. The van der Waals surface area contributed by atoms with Gasteiger partial charge in [-0.05, 0) is 37.5 Å². The highest BCUT2D eigenvalue weighted by Crippen LogP contribution is 2.40. The molecule has 0 spiro atoms. The van der Waals surface area contributed by atoms with Gasteiger partial charge in [-0.25, -0.2) is 8.42 Å². The first-order chi connectivity index (χ1) is 14.1. The summed E-state index contributed by atoms with van der Waals surface area (Å²) in [6.45, 7) is 6.21. The van der Waals surface area contributed by atoms with Gasteiger partial charge in [-0.3, -0.25) is 25.0 Å². The molecule has 0 aromatic heterocycles. The molecular weight excluding hydrogens is 412 g/mol. The van der Waals surface area contributed by atoms with Gasteiger partial charge in [0, 0.05) is 30.9 Å². The number of nitro benzene ring substituents is 2. The fraction of sp³-hybridized carbons (Fsp3) is 0.368. The van der Waals surface area contributed by atoms with Gasteiger partial charge in [0.1, 0.15) is 4.90 Å². The largest absolute Gasteiger partial charge is 0.360 e. The molecule has 0 fully saturated rings. The van der Waals surface area contributed by atoms with Crippen molar-refractivity contribution in [1.29, 1.82) is 0 Å². The van der Waals surface area contributed by atoms with E-state index in [1.807, 2.05) is 13.8 Å². The third-order valence-corrected chi connectivity index (χ3v) is 5.68. The number of hydrogen-bond acceptors (Lipinski definition) is 7. The average Bonchev–Trinajstić information content (AvgIpc) is 2.66. The van der Waals surface area contributed by atoms with Crippen LogP contribution in [-0.2, 0) is 10.0 Å². The molecule has 0 radical (unpaired) electrons. The second-order valence-electron chi connectivity index (χ2n) is 6.79. The molecule has 1 N–H and O–H groups in total. The van der Waals surface area contributed by atoms with Gasteiger partial charge in [0.2, 0.25) is 0 Å². The molecule has 0 bridgehead atoms. The molecule has 0 saturated carbocycles. The van der Waals surface area contributed by atoms with Crippen LogP contribution in [0.1, 0.15) is 32.3 Å². The number of sulfonamides is 1. The van der Waals surface area contributed by atoms with E-state index in [9.17, 15) is 28.6 Å². The molecule has 2 aromatic carbocycles. The van der Waals surface area contributed by atoms with Gasteiger partial charge in [0.25, 0.3) is 10.0 Å². The Morgan fingerprint density at radius 1 is 0.967 bits per heavy atom. The Morgan fingerprint density at radius 3 is 1.93 bits per heavy atom. The number of anilines is 2. The summed E-state index contributed by atoms with van der Waals surface area (Å²) in [5.74, 6) is 0. The van der Waals surface area contributed by atoms with Crippen molar-refractivity contribution in [2.75, 3.05) is 22.7 Å². The molecule has 0 aliphatic rings. The summed E-state index contributed by atoms with van der Waals surface area (Å²) in [5, 5.41) is 23.5. The Morgan fingerprint density at radius 2 is 1.50 bits per heavy atom. The zero-order valence-electron chi connectivity index (χ0n) is 17.0. The molecular formula is C19H24N4O6S. The van der Waals surface area contributed by atoms with Crippen molar-refractivity contribution < 1.29 is 18.3 Å². The number of rotatable bonds is 10. The lowest BCUT2D eigenvalue weighted by Gasteiger charge is -2.23. The summed E-state index contributed by atoms with van der Waals surface area (Å²) in [7, 11) is -4.29. The summed E-state index contributed by atoms with van der Waals surface area (Å²) < 4.78 is 28.0. The lowest BCUT2D eigenvalue weighted by molar-refractivity contribution is -0.393. The maximum Gasteiger partial charge on any atom is 0.301 e. The quantitative estimate of drug-likeness (QED) is 0.434. The molecule has 0 aliphatic carbocycles. The van der Waals surface area contributed by atoms with Crippen molar-refractivity contribution in [3.05, 3.63) is 62.2 Å². The van der Waals surface area contributed by atoms with E-state index in [2.05, 4.69) is 4.72 Å². The highest BCUT2D eigenvalue weighted by Gasteiger charge is 2.33. The Kier molecular flexibility index (Phi) is 7.33. The van der Waals surface area contributed by atoms with E-state index in [0.29, 0.717) is 25.9 Å². The Balaban J connectivity index is 2.67. The second kappa shape index (κ2) is 9.53. The van der Waals surface area contributed by atoms with Crippen LogP contribution in [0.2, 0.25) is 0 Å². The van der Waals surface area contributed by atoms with Crippen LogP contribution in [0.15, 0.2) is 41.3 Å². The van der Waals surface area contributed by atoms with Crippen molar-refractivity contribution in [1.82, 2.24) is 0 Å². The fourth-order valence-corrected chi connectivity index (χ4v) is 4.22. The lowest BCUT2D eigenvalue weighted by Crippen LogP contribution is -2.27. The second-order valence-corrected chi connectivity index (χ2v) is 8.47. The van der Waals surface area contributed by atoms with Crippen molar-refractivity contribution in [3.63, 3.8) is 0 Å². The zero-order chi connectivity index (χ0) is 22.5. The van der Waals surface area contributed by atoms with E-state index < -0.39 is 36.1 Å². The lowest BCUT2D eigenvalue weighted by atomic mass is 10.2. The molecule has 0 atom stereocenters. The number of nitro groups is 2. The van der Waals surface area contributed by atoms with Gasteiger partial charge in [0.05, 0.1) is 9.85 Å². The molecule has 0 unspecified atom stereocenters. The summed E-state index contributed by atoms with van der Waals surface area (Å²) in [6, 6.07) is 8.27. The number of nitrogens with zero attached hydrogens (tertiary/aromatic N) is 3. The SMILES string of the molecule is CCCN(CCC)c1c([N+](=O)[O-])cc(S(=O)(=O)Nc2cccc(C)c2)cc1[N+](=O)[O-]. The van der Waals surface area contributed by atoms with Crippen molar-refractivity contribution in [2.24, 2.45) is 0 Å². The van der Waals surface area contributed by atoms with Gasteiger partial charge in [-0.2, -0.15) is 0 Å². The van der Waals surface area contributed by atoms with Gasteiger partial charge >= 0.3 is 11.4 Å². The molecule has 0 saturated heterocycles. The summed E-state index contributed by atoms with van der Waals surface area (Å²) in [6.07, 6.45) is 1.23. The molecule has 0 heterocycles. The highest BCUT2D eigenvalue weighted by molar-refractivity contribution is 7.92. The van der Waals surface area contributed by atoms with Crippen molar-refractivity contribution >= 4 is 32.8 Å². The topological polar surface area (TPSA) is 136 Å². The minimum atomic E-state index is -4.29. The maximum absolute atomic E-state index is 12.8. The van der Waals surface area contributed by atoms with E-state index in [-0.39, 0.29) is 11.4 Å². The highest BCUT2D eigenvalue weighted by atomic mass is 32.2. The Bertz CT molecular complexity index is 1010.